The summed E-state index contributed by atoms with van der Waals surface area (Å²) in [6.45, 7) is 5.67. The van der Waals surface area contributed by atoms with Gasteiger partial charge in [0.1, 0.15) is 11.4 Å². The van der Waals surface area contributed by atoms with E-state index in [-0.39, 0.29) is 17.0 Å². The number of hydrogen-bond acceptors (Lipinski definition) is 4. The van der Waals surface area contributed by atoms with Crippen molar-refractivity contribution in [3.05, 3.63) is 52.0 Å². The molecule has 2 aromatic rings. The van der Waals surface area contributed by atoms with Crippen molar-refractivity contribution >= 4 is 5.91 Å². The molecule has 0 spiro atoms. The zero-order chi connectivity index (χ0) is 17.4. The summed E-state index contributed by atoms with van der Waals surface area (Å²) in [7, 11) is 0. The van der Waals surface area contributed by atoms with E-state index in [0.29, 0.717) is 24.9 Å². The Balaban J connectivity index is 1.56. The number of carbonyl (C=O) groups excluding carboxylic acids is 1. The summed E-state index contributed by atoms with van der Waals surface area (Å²) in [6, 6.07) is 3.61. The number of aromatic nitrogens is 3. The minimum atomic E-state index is -0.334. The number of pyridine rings is 1. The Kier molecular flexibility index (Phi) is 4.17. The molecule has 0 saturated carbocycles. The molecule has 0 unspecified atom stereocenters. The maximum absolute atomic E-state index is 12.8. The van der Waals surface area contributed by atoms with E-state index in [1.165, 1.54) is 0 Å². The fourth-order valence-electron chi connectivity index (χ4n) is 4.01. The van der Waals surface area contributed by atoms with Gasteiger partial charge in [0, 0.05) is 43.6 Å². The molecule has 7 nitrogen and oxygen atoms in total. The highest BCUT2D eigenvalue weighted by Crippen LogP contribution is 2.31. The van der Waals surface area contributed by atoms with Crippen molar-refractivity contribution in [2.24, 2.45) is 5.92 Å². The number of nitrogens with zero attached hydrogens (tertiary/aromatic N) is 3. The third kappa shape index (κ3) is 2.89. The highest BCUT2D eigenvalue weighted by molar-refractivity contribution is 5.93. The van der Waals surface area contributed by atoms with Crippen LogP contribution in [0.1, 0.15) is 41.1 Å². The topological polar surface area (TPSA) is 81.0 Å². The lowest BCUT2D eigenvalue weighted by atomic mass is 9.84. The van der Waals surface area contributed by atoms with E-state index >= 15 is 0 Å². The van der Waals surface area contributed by atoms with Crippen LogP contribution in [0, 0.1) is 5.92 Å². The standard InChI is InChI=1S/C18H23N5O2/c1-2-22-6-5-20-16(22)10-21-17(24)14-3-4-15-13-7-12(8-19-9-13)11-23(15)18(14)25/h3-6,12-13,19H,2,7-11H2,1H3,(H,21,24)/t12-,13+/m0/s1. The van der Waals surface area contributed by atoms with Crippen LogP contribution in [0.3, 0.4) is 0 Å². The molecule has 2 atom stereocenters. The molecule has 2 bridgehead atoms. The Morgan fingerprint density at radius 3 is 3.12 bits per heavy atom. The van der Waals surface area contributed by atoms with E-state index in [2.05, 4.69) is 15.6 Å². The van der Waals surface area contributed by atoms with E-state index in [9.17, 15) is 9.59 Å². The number of fused-ring (bicyclic) bond motifs is 4. The average Bonchev–Trinajstić information content (AvgIpc) is 3.08. The van der Waals surface area contributed by atoms with Crippen LogP contribution in [0.2, 0.25) is 0 Å². The van der Waals surface area contributed by atoms with Gasteiger partial charge in [-0.05, 0) is 37.9 Å². The number of piperidine rings is 1. The number of amides is 1. The van der Waals surface area contributed by atoms with Crippen LogP contribution < -0.4 is 16.2 Å². The van der Waals surface area contributed by atoms with Gasteiger partial charge in [-0.25, -0.2) is 4.98 Å². The minimum Gasteiger partial charge on any atom is -0.345 e. The van der Waals surface area contributed by atoms with E-state index in [1.54, 1.807) is 12.3 Å². The number of aryl methyl sites for hydroxylation is 1. The van der Waals surface area contributed by atoms with Crippen molar-refractivity contribution < 1.29 is 4.79 Å². The molecule has 132 valence electrons. The molecular formula is C18H23N5O2. The lowest BCUT2D eigenvalue weighted by molar-refractivity contribution is 0.0946. The van der Waals surface area contributed by atoms with Crippen LogP contribution in [0.15, 0.2) is 29.3 Å². The van der Waals surface area contributed by atoms with Gasteiger partial charge in [0.05, 0.1) is 6.54 Å². The second-order valence-corrected chi connectivity index (χ2v) is 6.86. The van der Waals surface area contributed by atoms with Crippen molar-refractivity contribution in [3.63, 3.8) is 0 Å². The van der Waals surface area contributed by atoms with Crippen molar-refractivity contribution in [3.8, 4) is 0 Å². The van der Waals surface area contributed by atoms with Gasteiger partial charge >= 0.3 is 0 Å². The molecule has 25 heavy (non-hydrogen) atoms. The predicted molar refractivity (Wildman–Crippen MR) is 93.5 cm³/mol. The SMILES string of the molecule is CCn1ccnc1CNC(=O)c1ccc2n(c1=O)C[C@@H]1CNC[C@H]2C1. The molecule has 1 amide bonds. The zero-order valence-corrected chi connectivity index (χ0v) is 14.4. The number of imidazole rings is 1. The van der Waals surface area contributed by atoms with E-state index in [4.69, 9.17) is 0 Å². The Hall–Kier alpha value is -2.41. The van der Waals surface area contributed by atoms with Crippen LogP contribution >= 0.6 is 0 Å². The van der Waals surface area contributed by atoms with Gasteiger partial charge in [-0.15, -0.1) is 0 Å². The predicted octanol–water partition coefficient (Wildman–Crippen LogP) is 0.701. The lowest BCUT2D eigenvalue weighted by Crippen LogP contribution is -2.46. The average molecular weight is 341 g/mol. The smallest absolute Gasteiger partial charge is 0.263 e. The van der Waals surface area contributed by atoms with Crippen molar-refractivity contribution in [2.45, 2.75) is 38.9 Å². The highest BCUT2D eigenvalue weighted by atomic mass is 16.2. The number of carbonyl (C=O) groups is 1. The fourth-order valence-corrected chi connectivity index (χ4v) is 4.01. The lowest BCUT2D eigenvalue weighted by Gasteiger charge is -2.37. The van der Waals surface area contributed by atoms with Crippen molar-refractivity contribution in [1.29, 1.82) is 0 Å². The van der Waals surface area contributed by atoms with Crippen LogP contribution in [0.4, 0.5) is 0 Å². The largest absolute Gasteiger partial charge is 0.345 e. The first-order valence-electron chi connectivity index (χ1n) is 8.90. The Morgan fingerprint density at radius 2 is 2.28 bits per heavy atom. The molecular weight excluding hydrogens is 318 g/mol. The maximum atomic E-state index is 12.8. The number of rotatable bonds is 4. The maximum Gasteiger partial charge on any atom is 0.263 e. The van der Waals surface area contributed by atoms with Crippen LogP contribution in [-0.2, 0) is 19.6 Å². The molecule has 0 aromatic carbocycles. The summed E-state index contributed by atoms with van der Waals surface area (Å²) in [5.74, 6) is 1.29. The third-order valence-corrected chi connectivity index (χ3v) is 5.30. The Labute approximate surface area is 146 Å². The molecule has 1 saturated heterocycles. The molecule has 2 aromatic heterocycles. The van der Waals surface area contributed by atoms with Gasteiger partial charge in [0.15, 0.2) is 0 Å². The molecule has 2 aliphatic rings. The fraction of sp³-hybridized carbons (Fsp3) is 0.500. The molecule has 4 heterocycles. The van der Waals surface area contributed by atoms with Crippen LogP contribution in [-0.4, -0.2) is 33.1 Å². The quantitative estimate of drug-likeness (QED) is 0.858. The number of hydrogen-bond donors (Lipinski definition) is 2. The normalized spacial score (nSPS) is 21.6. The van der Waals surface area contributed by atoms with Crippen molar-refractivity contribution in [2.75, 3.05) is 13.1 Å². The molecule has 1 fully saturated rings. The first kappa shape index (κ1) is 16.1. The number of nitrogens with one attached hydrogen (secondary N) is 2. The minimum absolute atomic E-state index is 0.176. The summed E-state index contributed by atoms with van der Waals surface area (Å²) >= 11 is 0. The molecule has 0 radical (unpaired) electrons. The summed E-state index contributed by atoms with van der Waals surface area (Å²) in [5, 5.41) is 6.25. The second-order valence-electron chi connectivity index (χ2n) is 6.86. The summed E-state index contributed by atoms with van der Waals surface area (Å²) in [4.78, 5) is 29.6. The molecule has 4 rings (SSSR count). The monoisotopic (exact) mass is 341 g/mol. The summed E-state index contributed by atoms with van der Waals surface area (Å²) in [6.07, 6.45) is 4.71. The van der Waals surface area contributed by atoms with Gasteiger partial charge in [0.2, 0.25) is 0 Å². The molecule has 7 heteroatoms. The third-order valence-electron chi connectivity index (χ3n) is 5.30. The van der Waals surface area contributed by atoms with E-state index < -0.39 is 0 Å². The van der Waals surface area contributed by atoms with E-state index in [0.717, 1.165) is 37.6 Å². The van der Waals surface area contributed by atoms with Gasteiger partial charge in [-0.2, -0.15) is 0 Å². The molecule has 2 aliphatic heterocycles. The van der Waals surface area contributed by atoms with Crippen LogP contribution in [0.5, 0.6) is 0 Å². The molecule has 0 aliphatic carbocycles. The first-order valence-corrected chi connectivity index (χ1v) is 8.90. The van der Waals surface area contributed by atoms with Crippen LogP contribution in [0.25, 0.3) is 0 Å². The van der Waals surface area contributed by atoms with Gasteiger partial charge < -0.3 is 19.8 Å². The summed E-state index contributed by atoms with van der Waals surface area (Å²) in [5.41, 5.74) is 1.09. The second kappa shape index (κ2) is 6.48. The summed E-state index contributed by atoms with van der Waals surface area (Å²) < 4.78 is 3.77. The molecule has 2 N–H and O–H groups in total. The highest BCUT2D eigenvalue weighted by Gasteiger charge is 2.31. The Morgan fingerprint density at radius 1 is 1.40 bits per heavy atom. The van der Waals surface area contributed by atoms with Crippen molar-refractivity contribution in [1.82, 2.24) is 24.8 Å². The Bertz CT molecular complexity index is 853. The first-order chi connectivity index (χ1) is 12.2. The van der Waals surface area contributed by atoms with Gasteiger partial charge in [0.25, 0.3) is 11.5 Å². The van der Waals surface area contributed by atoms with E-state index in [1.807, 2.05) is 28.3 Å². The van der Waals surface area contributed by atoms with Gasteiger partial charge in [-0.3, -0.25) is 9.59 Å². The van der Waals surface area contributed by atoms with Gasteiger partial charge in [-0.1, -0.05) is 0 Å². The zero-order valence-electron chi connectivity index (χ0n) is 14.4.